The first kappa shape index (κ1) is 10.3. The second-order valence-corrected chi connectivity index (χ2v) is 5.56. The molecule has 2 N–H and O–H groups in total. The van der Waals surface area contributed by atoms with E-state index in [0.717, 1.165) is 12.0 Å². The Hall–Kier alpha value is -0.240. The predicted octanol–water partition coefficient (Wildman–Crippen LogP) is 3.58. The monoisotopic (exact) mass is 229 g/mol. The van der Waals surface area contributed by atoms with E-state index < -0.39 is 0 Å². The standard InChI is InChI=1S/C11H13Cl2N/c1-10(2)6-11(10,14)7-3-8(12)5-9(13)4-7/h3-5H,6,14H2,1-2H3. The van der Waals surface area contributed by atoms with Crippen molar-refractivity contribution < 1.29 is 0 Å². The van der Waals surface area contributed by atoms with Gasteiger partial charge in [0.05, 0.1) is 0 Å². The van der Waals surface area contributed by atoms with Crippen LogP contribution in [0.2, 0.25) is 10.0 Å². The molecule has 0 spiro atoms. The van der Waals surface area contributed by atoms with Crippen LogP contribution < -0.4 is 5.73 Å². The van der Waals surface area contributed by atoms with Gasteiger partial charge in [0.15, 0.2) is 0 Å². The fourth-order valence-corrected chi connectivity index (χ4v) is 2.48. The Kier molecular flexibility index (Phi) is 2.11. The summed E-state index contributed by atoms with van der Waals surface area (Å²) in [4.78, 5) is 0. The van der Waals surface area contributed by atoms with Crippen LogP contribution in [0, 0.1) is 5.41 Å². The molecule has 1 nitrogen and oxygen atoms in total. The molecule has 0 bridgehead atoms. The molecule has 1 aromatic carbocycles. The number of nitrogens with two attached hydrogens (primary N) is 1. The highest BCUT2D eigenvalue weighted by molar-refractivity contribution is 6.34. The van der Waals surface area contributed by atoms with E-state index in [-0.39, 0.29) is 11.0 Å². The third kappa shape index (κ3) is 1.44. The number of hydrogen-bond acceptors (Lipinski definition) is 1. The van der Waals surface area contributed by atoms with Crippen LogP contribution in [0.25, 0.3) is 0 Å². The maximum atomic E-state index is 6.27. The normalized spacial score (nSPS) is 28.9. The molecule has 1 saturated carbocycles. The highest BCUT2D eigenvalue weighted by atomic mass is 35.5. The van der Waals surface area contributed by atoms with Gasteiger partial charge in [-0.05, 0) is 35.6 Å². The fourth-order valence-electron chi connectivity index (χ4n) is 1.96. The van der Waals surface area contributed by atoms with E-state index in [1.54, 1.807) is 6.07 Å². The van der Waals surface area contributed by atoms with Crippen LogP contribution >= 0.6 is 23.2 Å². The Bertz CT molecular complexity index is 367. The van der Waals surface area contributed by atoms with E-state index in [1.807, 2.05) is 12.1 Å². The number of benzene rings is 1. The lowest BCUT2D eigenvalue weighted by molar-refractivity contribution is 0.510. The summed E-state index contributed by atoms with van der Waals surface area (Å²) in [6, 6.07) is 5.54. The van der Waals surface area contributed by atoms with Gasteiger partial charge < -0.3 is 5.73 Å². The Morgan fingerprint density at radius 1 is 1.14 bits per heavy atom. The maximum absolute atomic E-state index is 6.27. The van der Waals surface area contributed by atoms with Crippen LogP contribution in [-0.2, 0) is 5.54 Å². The molecule has 1 aromatic rings. The van der Waals surface area contributed by atoms with E-state index in [0.29, 0.717) is 10.0 Å². The van der Waals surface area contributed by atoms with Crippen molar-refractivity contribution in [2.75, 3.05) is 0 Å². The molecule has 0 aliphatic heterocycles. The summed E-state index contributed by atoms with van der Waals surface area (Å²) >= 11 is 11.9. The quantitative estimate of drug-likeness (QED) is 0.783. The van der Waals surface area contributed by atoms with Crippen molar-refractivity contribution in [1.29, 1.82) is 0 Å². The van der Waals surface area contributed by atoms with E-state index in [2.05, 4.69) is 13.8 Å². The molecule has 3 heteroatoms. The molecule has 1 atom stereocenters. The summed E-state index contributed by atoms with van der Waals surface area (Å²) in [5.74, 6) is 0. The molecule has 0 heterocycles. The van der Waals surface area contributed by atoms with Crippen molar-refractivity contribution in [3.05, 3.63) is 33.8 Å². The summed E-state index contributed by atoms with van der Waals surface area (Å²) < 4.78 is 0. The average molecular weight is 230 g/mol. The smallest absolute Gasteiger partial charge is 0.0469 e. The molecular formula is C11H13Cl2N. The lowest BCUT2D eigenvalue weighted by Crippen LogP contribution is -2.25. The van der Waals surface area contributed by atoms with E-state index >= 15 is 0 Å². The van der Waals surface area contributed by atoms with Gasteiger partial charge in [0.25, 0.3) is 0 Å². The molecule has 0 radical (unpaired) electrons. The van der Waals surface area contributed by atoms with E-state index in [9.17, 15) is 0 Å². The lowest BCUT2D eigenvalue weighted by Gasteiger charge is -2.16. The minimum atomic E-state index is -0.248. The van der Waals surface area contributed by atoms with Crippen LogP contribution in [0.5, 0.6) is 0 Å². The molecule has 2 rings (SSSR count). The van der Waals surface area contributed by atoms with Crippen molar-refractivity contribution >= 4 is 23.2 Å². The summed E-state index contributed by atoms with van der Waals surface area (Å²) in [6.45, 7) is 4.31. The number of rotatable bonds is 1. The zero-order valence-corrected chi connectivity index (χ0v) is 9.78. The van der Waals surface area contributed by atoms with Gasteiger partial charge in [0.1, 0.15) is 0 Å². The minimum Gasteiger partial charge on any atom is -0.321 e. The molecule has 14 heavy (non-hydrogen) atoms. The van der Waals surface area contributed by atoms with Gasteiger partial charge in [-0.1, -0.05) is 37.0 Å². The molecule has 1 unspecified atom stereocenters. The molecular weight excluding hydrogens is 217 g/mol. The molecule has 0 aromatic heterocycles. The first-order valence-corrected chi connectivity index (χ1v) is 5.36. The second-order valence-electron chi connectivity index (χ2n) is 4.69. The lowest BCUT2D eigenvalue weighted by atomic mass is 9.97. The van der Waals surface area contributed by atoms with Crippen molar-refractivity contribution in [3.63, 3.8) is 0 Å². The zero-order chi connectivity index (χ0) is 10.6. The molecule has 0 saturated heterocycles. The van der Waals surface area contributed by atoms with Gasteiger partial charge in [-0.15, -0.1) is 0 Å². The highest BCUT2D eigenvalue weighted by Gasteiger charge is 2.59. The van der Waals surface area contributed by atoms with Crippen molar-refractivity contribution in [3.8, 4) is 0 Å². The van der Waals surface area contributed by atoms with Gasteiger partial charge >= 0.3 is 0 Å². The highest BCUT2D eigenvalue weighted by Crippen LogP contribution is 2.60. The summed E-state index contributed by atoms with van der Waals surface area (Å²) in [5.41, 5.74) is 7.21. The molecule has 0 amide bonds. The number of halogens is 2. The first-order chi connectivity index (χ1) is 6.35. The van der Waals surface area contributed by atoms with E-state index in [4.69, 9.17) is 28.9 Å². The Morgan fingerprint density at radius 2 is 1.57 bits per heavy atom. The summed E-state index contributed by atoms with van der Waals surface area (Å²) in [5, 5.41) is 1.31. The topological polar surface area (TPSA) is 26.0 Å². The molecule has 1 aliphatic rings. The van der Waals surface area contributed by atoms with Crippen LogP contribution in [0.1, 0.15) is 25.8 Å². The number of hydrogen-bond donors (Lipinski definition) is 1. The van der Waals surface area contributed by atoms with Crippen LogP contribution in [-0.4, -0.2) is 0 Å². The Labute approximate surface area is 94.2 Å². The predicted molar refractivity (Wildman–Crippen MR) is 60.7 cm³/mol. The Morgan fingerprint density at radius 3 is 1.93 bits per heavy atom. The molecule has 1 fully saturated rings. The zero-order valence-electron chi connectivity index (χ0n) is 8.27. The van der Waals surface area contributed by atoms with Crippen molar-refractivity contribution in [1.82, 2.24) is 0 Å². The van der Waals surface area contributed by atoms with Gasteiger partial charge in [-0.2, -0.15) is 0 Å². The van der Waals surface area contributed by atoms with Gasteiger partial charge in [0, 0.05) is 15.6 Å². The van der Waals surface area contributed by atoms with Gasteiger partial charge in [-0.25, -0.2) is 0 Å². The SMILES string of the molecule is CC1(C)CC1(N)c1cc(Cl)cc(Cl)c1. The maximum Gasteiger partial charge on any atom is 0.0469 e. The first-order valence-electron chi connectivity index (χ1n) is 4.61. The van der Waals surface area contributed by atoms with Crippen molar-refractivity contribution in [2.24, 2.45) is 11.1 Å². The molecule has 1 aliphatic carbocycles. The van der Waals surface area contributed by atoms with Gasteiger partial charge in [0.2, 0.25) is 0 Å². The summed E-state index contributed by atoms with van der Waals surface area (Å²) in [7, 11) is 0. The third-order valence-electron chi connectivity index (χ3n) is 3.18. The average Bonchev–Trinajstić information content (AvgIpc) is 2.50. The van der Waals surface area contributed by atoms with Crippen LogP contribution in [0.15, 0.2) is 18.2 Å². The van der Waals surface area contributed by atoms with Crippen LogP contribution in [0.3, 0.4) is 0 Å². The molecule has 76 valence electrons. The van der Waals surface area contributed by atoms with Crippen LogP contribution in [0.4, 0.5) is 0 Å². The summed E-state index contributed by atoms with van der Waals surface area (Å²) in [6.07, 6.45) is 0.983. The minimum absolute atomic E-state index is 0.154. The second kappa shape index (κ2) is 2.88. The largest absolute Gasteiger partial charge is 0.321 e. The van der Waals surface area contributed by atoms with Gasteiger partial charge in [-0.3, -0.25) is 0 Å². The third-order valence-corrected chi connectivity index (χ3v) is 3.62. The van der Waals surface area contributed by atoms with Crippen molar-refractivity contribution in [2.45, 2.75) is 25.8 Å². The fraction of sp³-hybridized carbons (Fsp3) is 0.455. The Balaban J connectivity index is 2.44. The van der Waals surface area contributed by atoms with E-state index in [1.165, 1.54) is 0 Å².